The van der Waals surface area contributed by atoms with Crippen LogP contribution in [0.5, 0.6) is 0 Å². The Balaban J connectivity index is 2.06. The van der Waals surface area contributed by atoms with Gasteiger partial charge in [0.05, 0.1) is 23.8 Å². The molecule has 2 aromatic rings. The molecule has 0 spiro atoms. The molecule has 2 rings (SSSR count). The number of rotatable bonds is 3. The molecule has 2 aromatic heterocycles. The van der Waals surface area contributed by atoms with E-state index in [0.29, 0.717) is 0 Å². The third-order valence-electron chi connectivity index (χ3n) is 1.64. The monoisotopic (exact) mass is 227 g/mol. The van der Waals surface area contributed by atoms with Crippen LogP contribution < -0.4 is 10.6 Å². The van der Waals surface area contributed by atoms with Crippen LogP contribution >= 0.6 is 22.9 Å². The molecule has 7 heteroatoms. The van der Waals surface area contributed by atoms with E-state index in [9.17, 15) is 0 Å². The van der Waals surface area contributed by atoms with Crippen molar-refractivity contribution in [3.05, 3.63) is 17.3 Å². The van der Waals surface area contributed by atoms with Crippen LogP contribution in [0.2, 0.25) is 0 Å². The minimum Gasteiger partial charge on any atom is -0.389 e. The minimum absolute atomic E-state index is 0.731. The summed E-state index contributed by atoms with van der Waals surface area (Å²) in [6, 6.07) is 0. The van der Waals surface area contributed by atoms with Gasteiger partial charge in [-0.1, -0.05) is 15.8 Å². The maximum absolute atomic E-state index is 5.60. The molecular formula is C7H9N5S2. The van der Waals surface area contributed by atoms with Crippen molar-refractivity contribution in [2.45, 2.75) is 6.54 Å². The summed E-state index contributed by atoms with van der Waals surface area (Å²) in [5.74, 6) is 0. The van der Waals surface area contributed by atoms with Crippen molar-refractivity contribution in [2.24, 2.45) is 0 Å². The highest BCUT2D eigenvalue weighted by Gasteiger charge is 2.07. The van der Waals surface area contributed by atoms with Crippen molar-refractivity contribution >= 4 is 33.0 Å². The van der Waals surface area contributed by atoms with E-state index in [1.165, 1.54) is 22.9 Å². The van der Waals surface area contributed by atoms with E-state index in [4.69, 9.17) is 5.73 Å². The molecule has 0 aliphatic carbocycles. The Bertz CT molecular complexity index is 396. The maximum atomic E-state index is 5.60. The second-order valence-electron chi connectivity index (χ2n) is 2.79. The molecule has 5 nitrogen and oxygen atoms in total. The van der Waals surface area contributed by atoms with Gasteiger partial charge in [-0.3, -0.25) is 0 Å². The number of nitrogens with two attached hydrogens (primary N) is 1. The smallest absolute Gasteiger partial charge is 0.187 e. The van der Waals surface area contributed by atoms with Gasteiger partial charge in [-0.25, -0.2) is 4.98 Å². The summed E-state index contributed by atoms with van der Waals surface area (Å²) < 4.78 is 3.80. The molecule has 14 heavy (non-hydrogen) atoms. The first-order valence-electron chi connectivity index (χ1n) is 3.94. The van der Waals surface area contributed by atoms with Gasteiger partial charge in [0.25, 0.3) is 0 Å². The zero-order valence-corrected chi connectivity index (χ0v) is 9.18. The maximum Gasteiger partial charge on any atom is 0.187 e. The van der Waals surface area contributed by atoms with Crippen LogP contribution in [0.4, 0.5) is 10.1 Å². The van der Waals surface area contributed by atoms with Gasteiger partial charge >= 0.3 is 0 Å². The molecule has 0 amide bonds. The molecule has 2 N–H and O–H groups in total. The first kappa shape index (κ1) is 9.35. The largest absolute Gasteiger partial charge is 0.389 e. The Morgan fingerprint density at radius 3 is 2.93 bits per heavy atom. The van der Waals surface area contributed by atoms with Gasteiger partial charge in [-0.2, -0.15) is 0 Å². The summed E-state index contributed by atoms with van der Waals surface area (Å²) in [5, 5.41) is 5.42. The van der Waals surface area contributed by atoms with Crippen LogP contribution in [0, 0.1) is 0 Å². The van der Waals surface area contributed by atoms with Crippen LogP contribution in [0.15, 0.2) is 12.4 Å². The van der Waals surface area contributed by atoms with Crippen LogP contribution in [-0.4, -0.2) is 21.6 Å². The van der Waals surface area contributed by atoms with Gasteiger partial charge < -0.3 is 10.6 Å². The van der Waals surface area contributed by atoms with Crippen molar-refractivity contribution in [1.82, 2.24) is 14.6 Å². The van der Waals surface area contributed by atoms with E-state index in [1.807, 2.05) is 11.9 Å². The summed E-state index contributed by atoms with van der Waals surface area (Å²) in [4.78, 5) is 7.32. The second-order valence-corrected chi connectivity index (χ2v) is 4.70. The van der Waals surface area contributed by atoms with Crippen molar-refractivity contribution in [3.63, 3.8) is 0 Å². The summed E-state index contributed by atoms with van der Waals surface area (Å²) in [6.07, 6.45) is 3.43. The number of aromatic nitrogens is 3. The number of anilines is 2. The number of nitrogens with zero attached hydrogens (tertiary/aromatic N) is 4. The number of hydrogen-bond acceptors (Lipinski definition) is 7. The van der Waals surface area contributed by atoms with Crippen LogP contribution in [0.3, 0.4) is 0 Å². The van der Waals surface area contributed by atoms with E-state index in [2.05, 4.69) is 14.6 Å². The highest BCUT2D eigenvalue weighted by atomic mass is 32.1. The van der Waals surface area contributed by atoms with E-state index in [-0.39, 0.29) is 0 Å². The van der Waals surface area contributed by atoms with Gasteiger partial charge in [0.2, 0.25) is 0 Å². The lowest BCUT2D eigenvalue weighted by molar-refractivity contribution is 0.926. The number of nitrogen functional groups attached to an aromatic ring is 1. The van der Waals surface area contributed by atoms with Crippen molar-refractivity contribution in [2.75, 3.05) is 17.7 Å². The summed E-state index contributed by atoms with van der Waals surface area (Å²) in [6.45, 7) is 0.768. The lowest BCUT2D eigenvalue weighted by atomic mass is 10.5. The minimum atomic E-state index is 0.731. The zero-order chi connectivity index (χ0) is 9.97. The van der Waals surface area contributed by atoms with Crippen molar-refractivity contribution in [1.29, 1.82) is 0 Å². The molecule has 74 valence electrons. The Kier molecular flexibility index (Phi) is 2.60. The van der Waals surface area contributed by atoms with E-state index < -0.39 is 0 Å². The molecule has 0 aliphatic rings. The normalized spacial score (nSPS) is 10.4. The SMILES string of the molecule is CN(Cc1cnns1)c1ncc(N)s1. The average Bonchev–Trinajstić information content (AvgIpc) is 2.75. The quantitative estimate of drug-likeness (QED) is 0.853. The van der Waals surface area contributed by atoms with Gasteiger partial charge in [0, 0.05) is 7.05 Å². The summed E-state index contributed by atoms with van der Waals surface area (Å²) >= 11 is 2.87. The molecule has 0 saturated heterocycles. The van der Waals surface area contributed by atoms with Crippen molar-refractivity contribution in [3.8, 4) is 0 Å². The Morgan fingerprint density at radius 2 is 2.36 bits per heavy atom. The molecule has 0 radical (unpaired) electrons. The van der Waals surface area contributed by atoms with E-state index >= 15 is 0 Å². The van der Waals surface area contributed by atoms with Gasteiger partial charge in [-0.05, 0) is 11.5 Å². The lowest BCUT2D eigenvalue weighted by Crippen LogP contribution is -2.14. The molecule has 0 unspecified atom stereocenters. The molecule has 0 saturated carbocycles. The topological polar surface area (TPSA) is 67.9 Å². The summed E-state index contributed by atoms with van der Waals surface area (Å²) in [7, 11) is 1.97. The lowest BCUT2D eigenvalue weighted by Gasteiger charge is -2.12. The Labute approximate surface area is 89.4 Å². The summed E-state index contributed by atoms with van der Waals surface area (Å²) in [5.41, 5.74) is 5.60. The zero-order valence-electron chi connectivity index (χ0n) is 7.54. The number of thiazole rings is 1. The fourth-order valence-corrected chi connectivity index (χ4v) is 2.20. The van der Waals surface area contributed by atoms with Crippen molar-refractivity contribution < 1.29 is 0 Å². The van der Waals surface area contributed by atoms with Crippen LogP contribution in [-0.2, 0) is 6.54 Å². The Morgan fingerprint density at radius 1 is 1.50 bits per heavy atom. The first-order valence-corrected chi connectivity index (χ1v) is 5.53. The fourth-order valence-electron chi connectivity index (χ4n) is 1.01. The predicted octanol–water partition coefficient (Wildman–Crippen LogP) is 1.21. The molecular weight excluding hydrogens is 218 g/mol. The average molecular weight is 227 g/mol. The molecule has 0 fully saturated rings. The third-order valence-corrected chi connectivity index (χ3v) is 3.22. The fraction of sp³-hybridized carbons (Fsp3) is 0.286. The van der Waals surface area contributed by atoms with Gasteiger partial charge in [0.1, 0.15) is 5.00 Å². The standard InChI is InChI=1S/C7H9N5S2/c1-12(4-5-2-10-11-14-5)7-9-3-6(8)13-7/h2-3H,4,8H2,1H3. The highest BCUT2D eigenvalue weighted by Crippen LogP contribution is 2.24. The van der Waals surface area contributed by atoms with Gasteiger partial charge in [-0.15, -0.1) is 5.10 Å². The number of hydrogen-bond donors (Lipinski definition) is 1. The molecule has 0 aromatic carbocycles. The Hall–Kier alpha value is -1.21. The highest BCUT2D eigenvalue weighted by molar-refractivity contribution is 7.19. The van der Waals surface area contributed by atoms with Crippen LogP contribution in [0.1, 0.15) is 4.88 Å². The third kappa shape index (κ3) is 1.99. The molecule has 0 aliphatic heterocycles. The molecule has 0 bridgehead atoms. The van der Waals surface area contributed by atoms with E-state index in [1.54, 1.807) is 12.4 Å². The molecule has 2 heterocycles. The molecule has 0 atom stereocenters. The van der Waals surface area contributed by atoms with Gasteiger partial charge in [0.15, 0.2) is 5.13 Å². The van der Waals surface area contributed by atoms with E-state index in [0.717, 1.165) is 21.6 Å². The predicted molar refractivity (Wildman–Crippen MR) is 58.5 cm³/mol. The van der Waals surface area contributed by atoms with Crippen LogP contribution in [0.25, 0.3) is 0 Å². The second kappa shape index (κ2) is 3.89. The first-order chi connectivity index (χ1) is 6.75.